The normalized spacial score (nSPS) is 16.6. The molecule has 5 rings (SSSR count). The molecule has 0 aliphatic carbocycles. The number of ether oxygens (including phenoxy) is 6. The van der Waals surface area contributed by atoms with Crippen LogP contribution in [0.3, 0.4) is 0 Å². The number of likely N-dealkylation sites (N-methyl/N-ethyl adjacent to an activating group) is 1. The lowest BCUT2D eigenvalue weighted by atomic mass is 9.93. The lowest BCUT2D eigenvalue weighted by molar-refractivity contribution is -0.152. The summed E-state index contributed by atoms with van der Waals surface area (Å²) in [4.78, 5) is 126. The Hall–Kier alpha value is -8.24. The number of aliphatic hydroxyl groups is 1. The molecule has 0 fully saturated rings. The number of carbonyl (C=O) groups is 9. The Morgan fingerprint density at radius 3 is 1.81 bits per heavy atom. The second-order valence-electron chi connectivity index (χ2n) is 22.9. The van der Waals surface area contributed by atoms with Crippen LogP contribution in [0.5, 0.6) is 11.5 Å². The van der Waals surface area contributed by atoms with Gasteiger partial charge in [0, 0.05) is 41.7 Å². The van der Waals surface area contributed by atoms with Gasteiger partial charge in [-0.15, -0.1) is 0 Å². The molecule has 4 aromatic rings. The van der Waals surface area contributed by atoms with Crippen LogP contribution < -0.4 is 36.1 Å². The number of halogens is 1. The summed E-state index contributed by atoms with van der Waals surface area (Å²) in [5.41, 5.74) is -0.635. The summed E-state index contributed by atoms with van der Waals surface area (Å²) in [5.74, 6) is -5.51. The summed E-state index contributed by atoms with van der Waals surface area (Å²) in [7, 11) is 2.37. The fraction of sp³-hybridized carbons (Fsp3) is 0.450. The van der Waals surface area contributed by atoms with E-state index in [-0.39, 0.29) is 59.6 Å². The SMILES string of the molecule is COC(=O)C(O)[C@H](C)NC(=O)[C@@H]1Cc2ccc(OC(=O)OC(C)(C)C)c(c2)-c2cc(ccc2OC(=O)OC(C)(C)C)[C@H](N(C)C(=O)[C@H](CCCCNC(=O)OC(C)(C)C)NC(=O)c2ccc(-c3ccc(Cl)cc3)cc2)C(=O)N[C@@H](C)C(=O)N1. The fourth-order valence-electron chi connectivity index (χ4n) is 8.43. The molecule has 0 saturated carbocycles. The van der Waals surface area contributed by atoms with Gasteiger partial charge in [0.05, 0.1) is 13.2 Å². The predicted molar refractivity (Wildman–Crippen MR) is 306 cm³/mol. The minimum atomic E-state index is -1.80. The van der Waals surface area contributed by atoms with Crippen LogP contribution in [0.15, 0.2) is 84.9 Å². The zero-order valence-electron chi connectivity index (χ0n) is 49.0. The molecule has 1 heterocycles. The second kappa shape index (κ2) is 28.2. The smallest absolute Gasteiger partial charge is 0.467 e. The van der Waals surface area contributed by atoms with Gasteiger partial charge >= 0.3 is 24.4 Å². The zero-order chi connectivity index (χ0) is 61.7. The van der Waals surface area contributed by atoms with E-state index in [4.69, 9.17) is 35.3 Å². The Kier molecular flexibility index (Phi) is 22.2. The molecule has 83 heavy (non-hydrogen) atoms. The number of esters is 1. The molecule has 4 bridgehead atoms. The molecule has 0 aromatic heterocycles. The first kappa shape index (κ1) is 65.6. The number of fused-ring (bicyclic) bond motifs is 5. The van der Waals surface area contributed by atoms with Crippen LogP contribution in [0.1, 0.15) is 123 Å². The van der Waals surface area contributed by atoms with Crippen molar-refractivity contribution in [1.29, 1.82) is 0 Å². The molecule has 448 valence electrons. The number of aliphatic hydroxyl groups excluding tert-OH is 1. The molecule has 1 unspecified atom stereocenters. The molecule has 6 amide bonds. The average Bonchev–Trinajstić information content (AvgIpc) is 3.52. The highest BCUT2D eigenvalue weighted by atomic mass is 35.5. The number of benzene rings is 4. The number of amides is 6. The Morgan fingerprint density at radius 1 is 0.711 bits per heavy atom. The van der Waals surface area contributed by atoms with E-state index in [1.54, 1.807) is 98.7 Å². The van der Waals surface area contributed by atoms with E-state index in [0.29, 0.717) is 17.0 Å². The molecule has 0 saturated heterocycles. The van der Waals surface area contributed by atoms with Crippen molar-refractivity contribution in [2.45, 2.75) is 155 Å². The molecular weight excluding hydrogens is 1100 g/mol. The van der Waals surface area contributed by atoms with Crippen LogP contribution in [-0.4, -0.2) is 132 Å². The first-order chi connectivity index (χ1) is 38.7. The van der Waals surface area contributed by atoms with Crippen molar-refractivity contribution in [1.82, 2.24) is 31.5 Å². The maximum atomic E-state index is 15.3. The quantitative estimate of drug-likeness (QED) is 0.0269. The number of hydrogen-bond donors (Lipinski definition) is 6. The van der Waals surface area contributed by atoms with Gasteiger partial charge in [-0.05, 0) is 166 Å². The van der Waals surface area contributed by atoms with Gasteiger partial charge in [-0.1, -0.05) is 48.0 Å². The lowest BCUT2D eigenvalue weighted by Crippen LogP contribution is -2.57. The summed E-state index contributed by atoms with van der Waals surface area (Å²) in [6.45, 7) is 17.7. The number of methoxy groups -OCH3 is 1. The molecular formula is C60H75ClN6O16. The van der Waals surface area contributed by atoms with E-state index in [1.807, 2.05) is 12.1 Å². The van der Waals surface area contributed by atoms with Crippen LogP contribution >= 0.6 is 11.6 Å². The predicted octanol–water partition coefficient (Wildman–Crippen LogP) is 7.88. The molecule has 6 N–H and O–H groups in total. The summed E-state index contributed by atoms with van der Waals surface area (Å²) in [6, 6.07) is 15.1. The first-order valence-corrected chi connectivity index (χ1v) is 27.3. The van der Waals surface area contributed by atoms with Crippen molar-refractivity contribution < 1.29 is 76.7 Å². The standard InChI is InChI=1S/C60H75ClN6O16/c1-33(48(68)54(74)78-13)63-51(71)44-31-35-17-27-45(79-56(76)82-59(6,7)8)41(30-35)42-32-39(24-28-46(42)80-57(77)83-60(9,10)11)47(52(72)64-34(2)49(69)66-44)67(12)53(73)43(16-14-15-29-62-55(75)81-58(3,4)5)65-50(70)38-20-18-36(19-21-38)37-22-25-40(61)26-23-37/h17-28,30,32-34,43-44,47-48,68H,14-16,29,31H2,1-13H3,(H,62,75)(H,63,71)(H,64,72)(H,65,70)(H,66,69)/t33-,34-,43-,44-,47-,48?/m0/s1. The fourth-order valence-corrected chi connectivity index (χ4v) is 8.55. The van der Waals surface area contributed by atoms with E-state index in [9.17, 15) is 38.7 Å². The largest absolute Gasteiger partial charge is 0.514 e. The van der Waals surface area contributed by atoms with Gasteiger partial charge in [0.1, 0.15) is 52.5 Å². The van der Waals surface area contributed by atoms with Crippen molar-refractivity contribution in [2.24, 2.45) is 0 Å². The highest BCUT2D eigenvalue weighted by molar-refractivity contribution is 6.30. The highest BCUT2D eigenvalue weighted by Crippen LogP contribution is 2.41. The third-order valence-electron chi connectivity index (χ3n) is 12.4. The molecule has 4 aromatic carbocycles. The molecule has 6 atom stereocenters. The van der Waals surface area contributed by atoms with Crippen LogP contribution in [-0.2, 0) is 49.3 Å². The lowest BCUT2D eigenvalue weighted by Gasteiger charge is -2.33. The number of nitrogens with one attached hydrogen (secondary N) is 5. The van der Waals surface area contributed by atoms with Crippen molar-refractivity contribution in [2.75, 3.05) is 20.7 Å². The third-order valence-corrected chi connectivity index (χ3v) is 12.7. The van der Waals surface area contributed by atoms with E-state index >= 15 is 9.59 Å². The number of unbranched alkanes of at least 4 members (excludes halogenated alkanes) is 1. The average molecular weight is 1170 g/mol. The minimum Gasteiger partial charge on any atom is -0.467 e. The van der Waals surface area contributed by atoms with Gasteiger partial charge in [-0.3, -0.25) is 24.0 Å². The maximum absolute atomic E-state index is 15.3. The van der Waals surface area contributed by atoms with Gasteiger partial charge in [0.2, 0.25) is 23.6 Å². The zero-order valence-corrected chi connectivity index (χ0v) is 49.7. The van der Waals surface area contributed by atoms with Gasteiger partial charge in [0.15, 0.2) is 6.10 Å². The number of nitrogens with zero attached hydrogens (tertiary/aromatic N) is 1. The molecule has 1 aliphatic heterocycles. The van der Waals surface area contributed by atoms with Gasteiger partial charge in [-0.25, -0.2) is 19.2 Å². The maximum Gasteiger partial charge on any atom is 0.514 e. The Balaban J connectivity index is 1.67. The van der Waals surface area contributed by atoms with Gasteiger partial charge < -0.3 is 65.0 Å². The van der Waals surface area contributed by atoms with Crippen LogP contribution in [0.4, 0.5) is 14.4 Å². The number of alkyl carbamates (subject to hydrolysis) is 1. The topological polar surface area (TPSA) is 293 Å². The minimum absolute atomic E-state index is 0.00822. The van der Waals surface area contributed by atoms with Gasteiger partial charge in [0.25, 0.3) is 5.91 Å². The van der Waals surface area contributed by atoms with E-state index in [1.165, 1.54) is 57.3 Å². The Bertz CT molecular complexity index is 3020. The second-order valence-corrected chi connectivity index (χ2v) is 23.3. The van der Waals surface area contributed by atoms with Crippen molar-refractivity contribution >= 4 is 65.5 Å². The van der Waals surface area contributed by atoms with Crippen molar-refractivity contribution in [3.05, 3.63) is 107 Å². The molecule has 1 aliphatic rings. The molecule has 0 radical (unpaired) electrons. The number of hydrogen-bond acceptors (Lipinski definition) is 16. The summed E-state index contributed by atoms with van der Waals surface area (Å²) in [6.07, 6.45) is -4.46. The van der Waals surface area contributed by atoms with E-state index in [0.717, 1.165) is 23.1 Å². The summed E-state index contributed by atoms with van der Waals surface area (Å²) < 4.78 is 32.7. The Labute approximate surface area is 487 Å². The monoisotopic (exact) mass is 1170 g/mol. The van der Waals surface area contributed by atoms with Crippen molar-refractivity contribution in [3.8, 4) is 33.8 Å². The first-order valence-electron chi connectivity index (χ1n) is 26.9. The third kappa shape index (κ3) is 19.7. The van der Waals surface area contributed by atoms with E-state index < -0.39 is 107 Å². The number of rotatable bonds is 16. The van der Waals surface area contributed by atoms with Crippen LogP contribution in [0.25, 0.3) is 22.3 Å². The van der Waals surface area contributed by atoms with Gasteiger partial charge in [-0.2, -0.15) is 0 Å². The number of carbonyl (C=O) groups excluding carboxylic acids is 9. The van der Waals surface area contributed by atoms with Crippen LogP contribution in [0, 0.1) is 0 Å². The Morgan fingerprint density at radius 2 is 1.25 bits per heavy atom. The van der Waals surface area contributed by atoms with E-state index in [2.05, 4.69) is 31.3 Å². The molecule has 23 heteroatoms. The summed E-state index contributed by atoms with van der Waals surface area (Å²) in [5, 5.41) is 24.5. The summed E-state index contributed by atoms with van der Waals surface area (Å²) >= 11 is 6.11. The van der Waals surface area contributed by atoms with Crippen molar-refractivity contribution in [3.63, 3.8) is 0 Å². The molecule has 0 spiro atoms. The molecule has 22 nitrogen and oxygen atoms in total. The highest BCUT2D eigenvalue weighted by Gasteiger charge is 2.37. The van der Waals surface area contributed by atoms with Crippen LogP contribution in [0.2, 0.25) is 5.02 Å².